The molecular formula is C14H16FN7O. The lowest BCUT2D eigenvalue weighted by molar-refractivity contribution is 0.159. The van der Waals surface area contributed by atoms with Crippen LogP contribution in [0.15, 0.2) is 40.7 Å². The molecule has 1 aromatic heterocycles. The smallest absolute Gasteiger partial charge is 0.203 e. The minimum Gasteiger partial charge on any atom is -0.370 e. The van der Waals surface area contributed by atoms with E-state index >= 15 is 0 Å². The van der Waals surface area contributed by atoms with E-state index in [1.165, 1.54) is 12.5 Å². The van der Waals surface area contributed by atoms with Crippen LogP contribution in [0, 0.1) is 0 Å². The first-order valence-corrected chi connectivity index (χ1v) is 6.83. The molecule has 1 aromatic carbocycles. The van der Waals surface area contributed by atoms with Crippen LogP contribution in [0.3, 0.4) is 0 Å². The van der Waals surface area contributed by atoms with Crippen molar-refractivity contribution in [2.75, 3.05) is 19.8 Å². The van der Waals surface area contributed by atoms with Crippen molar-refractivity contribution < 1.29 is 9.13 Å². The summed E-state index contributed by atoms with van der Waals surface area (Å²) >= 11 is 0. The van der Waals surface area contributed by atoms with Gasteiger partial charge in [-0.3, -0.25) is 4.99 Å². The number of aromatic nitrogens is 4. The molecule has 0 unspecified atom stereocenters. The highest BCUT2D eigenvalue weighted by Gasteiger charge is 2.02. The van der Waals surface area contributed by atoms with Crippen LogP contribution in [0.25, 0.3) is 11.4 Å². The lowest BCUT2D eigenvalue weighted by Gasteiger charge is -2.05. The number of rotatable bonds is 8. The number of benzene rings is 1. The molecule has 0 saturated heterocycles. The summed E-state index contributed by atoms with van der Waals surface area (Å²) < 4.78 is 17.4. The Labute approximate surface area is 132 Å². The standard InChI is InChI=1S/C14H16FN7O/c15-5-6-17-7-13(20-16)9-23-8-11-1-3-12(4-2-11)14-21-18-10-19-22-14/h1-4,7,10H,5-6,8-9,16H2. The van der Waals surface area contributed by atoms with Crippen molar-refractivity contribution in [3.63, 3.8) is 0 Å². The zero-order chi connectivity index (χ0) is 16.3. The van der Waals surface area contributed by atoms with Crippen molar-refractivity contribution in [3.05, 3.63) is 36.2 Å². The van der Waals surface area contributed by atoms with Gasteiger partial charge < -0.3 is 10.6 Å². The third-order valence-electron chi connectivity index (χ3n) is 2.76. The average molecular weight is 317 g/mol. The van der Waals surface area contributed by atoms with Gasteiger partial charge >= 0.3 is 0 Å². The molecule has 2 N–H and O–H groups in total. The summed E-state index contributed by atoms with van der Waals surface area (Å²) in [6.45, 7) is 0.148. The predicted molar refractivity (Wildman–Crippen MR) is 83.7 cm³/mol. The molecule has 0 radical (unpaired) electrons. The van der Waals surface area contributed by atoms with Gasteiger partial charge in [0.05, 0.1) is 19.8 Å². The van der Waals surface area contributed by atoms with Gasteiger partial charge in [-0.05, 0) is 5.56 Å². The van der Waals surface area contributed by atoms with Gasteiger partial charge in [0.1, 0.15) is 12.4 Å². The molecule has 0 atom stereocenters. The molecular weight excluding hydrogens is 301 g/mol. The third kappa shape index (κ3) is 5.47. The van der Waals surface area contributed by atoms with E-state index in [1.807, 2.05) is 24.3 Å². The second-order valence-corrected chi connectivity index (χ2v) is 4.40. The first-order chi connectivity index (χ1) is 11.3. The fourth-order valence-electron chi connectivity index (χ4n) is 1.67. The largest absolute Gasteiger partial charge is 0.370 e. The van der Waals surface area contributed by atoms with Gasteiger partial charge in [-0.1, -0.05) is 24.3 Å². The Bertz CT molecular complexity index is 646. The van der Waals surface area contributed by atoms with E-state index in [9.17, 15) is 4.39 Å². The first kappa shape index (κ1) is 16.6. The van der Waals surface area contributed by atoms with Gasteiger partial charge in [-0.15, -0.1) is 20.4 Å². The highest BCUT2D eigenvalue weighted by molar-refractivity contribution is 6.31. The van der Waals surface area contributed by atoms with Crippen molar-refractivity contribution in [1.82, 2.24) is 20.4 Å². The third-order valence-corrected chi connectivity index (χ3v) is 2.76. The monoisotopic (exact) mass is 317 g/mol. The molecule has 9 heteroatoms. The van der Waals surface area contributed by atoms with E-state index in [0.29, 0.717) is 18.1 Å². The van der Waals surface area contributed by atoms with Crippen LogP contribution in [0.4, 0.5) is 4.39 Å². The summed E-state index contributed by atoms with van der Waals surface area (Å²) in [5, 5.41) is 18.7. The van der Waals surface area contributed by atoms with E-state index in [-0.39, 0.29) is 13.2 Å². The Morgan fingerprint density at radius 3 is 2.61 bits per heavy atom. The number of halogens is 1. The molecule has 0 amide bonds. The number of hydrazone groups is 1. The maximum atomic E-state index is 11.9. The topological polar surface area (TPSA) is 112 Å². The maximum Gasteiger partial charge on any atom is 0.203 e. The number of alkyl halides is 1. The average Bonchev–Trinajstić information content (AvgIpc) is 2.62. The second-order valence-electron chi connectivity index (χ2n) is 4.40. The lowest BCUT2D eigenvalue weighted by Crippen LogP contribution is -2.13. The molecule has 2 rings (SSSR count). The molecule has 8 nitrogen and oxygen atoms in total. The lowest BCUT2D eigenvalue weighted by atomic mass is 10.1. The Morgan fingerprint density at radius 2 is 1.96 bits per heavy atom. The first-order valence-electron chi connectivity index (χ1n) is 6.83. The predicted octanol–water partition coefficient (Wildman–Crippen LogP) is 0.805. The molecule has 2 aromatic rings. The van der Waals surface area contributed by atoms with Gasteiger partial charge in [-0.2, -0.15) is 5.10 Å². The molecule has 0 fully saturated rings. The summed E-state index contributed by atoms with van der Waals surface area (Å²) in [6.07, 6.45) is 2.69. The summed E-state index contributed by atoms with van der Waals surface area (Å²) in [5.74, 6) is 5.68. The Morgan fingerprint density at radius 1 is 1.22 bits per heavy atom. The highest BCUT2D eigenvalue weighted by Crippen LogP contribution is 2.14. The fourth-order valence-corrected chi connectivity index (χ4v) is 1.67. The number of nitrogens with zero attached hydrogens (tertiary/aromatic N) is 6. The molecule has 0 aliphatic rings. The molecule has 0 aliphatic carbocycles. The van der Waals surface area contributed by atoms with Crippen LogP contribution in [0.5, 0.6) is 0 Å². The van der Waals surface area contributed by atoms with Crippen molar-refractivity contribution in [3.8, 4) is 11.4 Å². The molecule has 0 aliphatic heterocycles. The second kappa shape index (κ2) is 9.26. The van der Waals surface area contributed by atoms with Gasteiger partial charge in [0.2, 0.25) is 5.82 Å². The zero-order valence-electron chi connectivity index (χ0n) is 12.3. The van der Waals surface area contributed by atoms with Crippen LogP contribution < -0.4 is 5.84 Å². The van der Waals surface area contributed by atoms with E-state index in [4.69, 9.17) is 10.6 Å². The van der Waals surface area contributed by atoms with E-state index < -0.39 is 6.67 Å². The van der Waals surface area contributed by atoms with Crippen LogP contribution in [0.2, 0.25) is 0 Å². The Kier molecular flexibility index (Phi) is 6.66. The van der Waals surface area contributed by atoms with Crippen molar-refractivity contribution in [2.45, 2.75) is 6.61 Å². The summed E-state index contributed by atoms with van der Waals surface area (Å²) in [6, 6.07) is 7.50. The van der Waals surface area contributed by atoms with E-state index in [0.717, 1.165) is 11.1 Å². The molecule has 23 heavy (non-hydrogen) atoms. The fraction of sp³-hybridized carbons (Fsp3) is 0.286. The number of hydrogen-bond donors (Lipinski definition) is 1. The SMILES string of the molecule is NN=C(C=NCCF)COCc1ccc(-c2nncnn2)cc1. The van der Waals surface area contributed by atoms with Crippen molar-refractivity contribution >= 4 is 11.9 Å². The normalized spacial score (nSPS) is 12.0. The van der Waals surface area contributed by atoms with Gasteiger partial charge in [0.25, 0.3) is 0 Å². The number of aliphatic imine (C=N–C) groups is 1. The van der Waals surface area contributed by atoms with Crippen LogP contribution in [0.1, 0.15) is 5.56 Å². The Balaban J connectivity index is 1.85. The van der Waals surface area contributed by atoms with Crippen LogP contribution >= 0.6 is 0 Å². The van der Waals surface area contributed by atoms with Crippen LogP contribution in [-0.2, 0) is 11.3 Å². The minimum absolute atomic E-state index is 0.0890. The van der Waals surface area contributed by atoms with Gasteiger partial charge in [0, 0.05) is 11.8 Å². The highest BCUT2D eigenvalue weighted by atomic mass is 19.1. The minimum atomic E-state index is -0.516. The van der Waals surface area contributed by atoms with Crippen molar-refractivity contribution in [2.24, 2.45) is 15.9 Å². The van der Waals surface area contributed by atoms with E-state index in [2.05, 4.69) is 30.5 Å². The Hall–Kier alpha value is -2.81. The number of ether oxygens (including phenoxy) is 1. The molecule has 0 bridgehead atoms. The number of hydrogen-bond acceptors (Lipinski definition) is 8. The molecule has 0 spiro atoms. The maximum absolute atomic E-state index is 11.9. The molecule has 1 heterocycles. The zero-order valence-corrected chi connectivity index (χ0v) is 12.3. The molecule has 120 valence electrons. The quantitative estimate of drug-likeness (QED) is 0.438. The summed E-state index contributed by atoms with van der Waals surface area (Å²) in [4.78, 5) is 3.82. The summed E-state index contributed by atoms with van der Waals surface area (Å²) in [7, 11) is 0. The number of nitrogens with two attached hydrogens (primary N) is 1. The van der Waals surface area contributed by atoms with Crippen LogP contribution in [-0.4, -0.2) is 52.1 Å². The molecule has 0 saturated carbocycles. The van der Waals surface area contributed by atoms with Crippen molar-refractivity contribution in [1.29, 1.82) is 0 Å². The van der Waals surface area contributed by atoms with Gasteiger partial charge in [-0.25, -0.2) is 4.39 Å². The summed E-state index contributed by atoms with van der Waals surface area (Å²) in [5.41, 5.74) is 2.23. The van der Waals surface area contributed by atoms with E-state index in [1.54, 1.807) is 0 Å². The van der Waals surface area contributed by atoms with Gasteiger partial charge in [0.15, 0.2) is 6.33 Å².